The summed E-state index contributed by atoms with van der Waals surface area (Å²) in [7, 11) is 0. The van der Waals surface area contributed by atoms with Crippen molar-refractivity contribution >= 4 is 29.5 Å². The lowest BCUT2D eigenvalue weighted by Gasteiger charge is -2.19. The maximum Gasteiger partial charge on any atom is 0.416 e. The summed E-state index contributed by atoms with van der Waals surface area (Å²) in [6.07, 6.45) is 3.23. The fraction of sp³-hybridized carbons (Fsp3) is 0.263. The van der Waals surface area contributed by atoms with Crippen molar-refractivity contribution in [2.45, 2.75) is 19.0 Å². The Labute approximate surface area is 179 Å². The molecule has 0 saturated carbocycles. The third kappa shape index (κ3) is 4.13. The number of alkyl halides is 1. The van der Waals surface area contributed by atoms with Gasteiger partial charge in [-0.25, -0.2) is 32.8 Å². The molecule has 8 nitrogen and oxygen atoms in total. The third-order valence-electron chi connectivity index (χ3n) is 4.69. The van der Waals surface area contributed by atoms with Crippen LogP contribution in [-0.4, -0.2) is 44.9 Å². The number of hydrogen-bond acceptors (Lipinski definition) is 6. The van der Waals surface area contributed by atoms with Crippen molar-refractivity contribution in [3.63, 3.8) is 0 Å². The van der Waals surface area contributed by atoms with E-state index >= 15 is 0 Å². The van der Waals surface area contributed by atoms with Crippen LogP contribution in [-0.2, 0) is 4.74 Å². The summed E-state index contributed by atoms with van der Waals surface area (Å²) in [5.74, 6) is -1.77. The Kier molecular flexibility index (Phi) is 5.68. The molecule has 0 radical (unpaired) electrons. The number of rotatable bonds is 6. The van der Waals surface area contributed by atoms with Crippen LogP contribution in [0.15, 0.2) is 36.9 Å². The summed E-state index contributed by atoms with van der Waals surface area (Å²) >= 11 is 5.82. The van der Waals surface area contributed by atoms with E-state index in [0.717, 1.165) is 11.1 Å². The Balaban J connectivity index is 1.54. The van der Waals surface area contributed by atoms with Crippen molar-refractivity contribution in [3.8, 4) is 5.69 Å². The van der Waals surface area contributed by atoms with Crippen LogP contribution in [0.4, 0.5) is 29.7 Å². The quantitative estimate of drug-likeness (QED) is 0.607. The molecule has 1 amide bonds. The molecule has 3 heterocycles. The molecule has 0 spiro atoms. The average Bonchev–Trinajstić information content (AvgIpc) is 3.38. The van der Waals surface area contributed by atoms with Gasteiger partial charge in [-0.15, -0.1) is 0 Å². The molecule has 1 N–H and O–H groups in total. The van der Waals surface area contributed by atoms with Gasteiger partial charge in [-0.1, -0.05) is 11.6 Å². The van der Waals surface area contributed by atoms with Gasteiger partial charge in [0.15, 0.2) is 11.6 Å². The molecular formula is C19H16ClF3N6O2. The van der Waals surface area contributed by atoms with Crippen molar-refractivity contribution in [1.82, 2.24) is 19.5 Å². The molecular weight excluding hydrogens is 437 g/mol. The van der Waals surface area contributed by atoms with E-state index in [1.165, 1.54) is 18.5 Å². The molecule has 1 saturated heterocycles. The lowest BCUT2D eigenvalue weighted by atomic mass is 10.2. The molecule has 1 aliphatic heterocycles. The number of benzene rings is 1. The Morgan fingerprint density at radius 1 is 1.32 bits per heavy atom. The number of carbonyl (C=O) groups excluding carboxylic acids is 1. The zero-order chi connectivity index (χ0) is 22.1. The molecule has 4 rings (SSSR count). The number of imidazole rings is 1. The maximum absolute atomic E-state index is 14.2. The van der Waals surface area contributed by atoms with Gasteiger partial charge < -0.3 is 14.6 Å². The highest BCUT2D eigenvalue weighted by atomic mass is 35.5. The zero-order valence-corrected chi connectivity index (χ0v) is 16.9. The average molecular weight is 453 g/mol. The first kappa shape index (κ1) is 20.9. The van der Waals surface area contributed by atoms with Crippen LogP contribution in [0.5, 0.6) is 0 Å². The first-order valence-electron chi connectivity index (χ1n) is 9.17. The van der Waals surface area contributed by atoms with Gasteiger partial charge in [0.05, 0.1) is 29.3 Å². The van der Waals surface area contributed by atoms with Gasteiger partial charge in [0.2, 0.25) is 5.95 Å². The molecule has 3 aromatic rings. The van der Waals surface area contributed by atoms with Crippen LogP contribution >= 0.6 is 11.6 Å². The lowest BCUT2D eigenvalue weighted by Crippen LogP contribution is -2.36. The van der Waals surface area contributed by atoms with E-state index in [1.54, 1.807) is 23.8 Å². The number of hydrogen-bond donors (Lipinski definition) is 1. The van der Waals surface area contributed by atoms with E-state index in [9.17, 15) is 18.0 Å². The summed E-state index contributed by atoms with van der Waals surface area (Å²) < 4.78 is 47.2. The van der Waals surface area contributed by atoms with E-state index < -0.39 is 36.5 Å². The molecule has 0 bridgehead atoms. The van der Waals surface area contributed by atoms with E-state index in [-0.39, 0.29) is 23.4 Å². The summed E-state index contributed by atoms with van der Waals surface area (Å²) in [5.41, 5.74) is 1.19. The minimum Gasteiger partial charge on any atom is -0.447 e. The largest absolute Gasteiger partial charge is 0.447 e. The van der Waals surface area contributed by atoms with E-state index in [1.807, 2.05) is 0 Å². The van der Waals surface area contributed by atoms with E-state index in [4.69, 9.17) is 16.3 Å². The van der Waals surface area contributed by atoms with Crippen molar-refractivity contribution < 1.29 is 22.7 Å². The van der Waals surface area contributed by atoms with Crippen molar-refractivity contribution in [1.29, 1.82) is 0 Å². The second-order valence-electron chi connectivity index (χ2n) is 6.79. The fourth-order valence-electron chi connectivity index (χ4n) is 3.05. The lowest BCUT2D eigenvalue weighted by molar-refractivity contribution is 0.177. The number of nitrogens with one attached hydrogen (secondary N) is 1. The first-order chi connectivity index (χ1) is 14.9. The van der Waals surface area contributed by atoms with Crippen LogP contribution in [0.1, 0.15) is 18.7 Å². The van der Waals surface area contributed by atoms with Crippen LogP contribution < -0.4 is 10.2 Å². The topological polar surface area (TPSA) is 85.2 Å². The van der Waals surface area contributed by atoms with Crippen LogP contribution in [0.25, 0.3) is 5.69 Å². The highest BCUT2D eigenvalue weighted by Crippen LogP contribution is 2.26. The Morgan fingerprint density at radius 3 is 2.87 bits per heavy atom. The van der Waals surface area contributed by atoms with E-state index in [0.29, 0.717) is 11.4 Å². The first-order valence-corrected chi connectivity index (χ1v) is 9.55. The molecule has 1 fully saturated rings. The standard InChI is InChI=1S/C19H16ClF3N6O2/c1-10(16-7-28(9-25-16)11-2-3-14(22)13(20)4-11)26-18-24-6-15(23)17(27-18)29-12(5-21)8-31-19(29)30/h2-4,6-7,9-10,12H,5,8H2,1H3,(H,24,26,27)/t10-,12-/m0/s1. The monoisotopic (exact) mass is 452 g/mol. The Bertz CT molecular complexity index is 1130. The van der Waals surface area contributed by atoms with E-state index in [2.05, 4.69) is 20.3 Å². The number of amides is 1. The summed E-state index contributed by atoms with van der Waals surface area (Å²) in [5, 5.41) is 2.94. The van der Waals surface area contributed by atoms with Gasteiger partial charge in [0.25, 0.3) is 0 Å². The normalized spacial score (nSPS) is 17.0. The second-order valence-corrected chi connectivity index (χ2v) is 7.20. The highest BCUT2D eigenvalue weighted by Gasteiger charge is 2.37. The zero-order valence-electron chi connectivity index (χ0n) is 16.1. The summed E-state index contributed by atoms with van der Waals surface area (Å²) in [6.45, 7) is 0.674. The number of carbonyl (C=O) groups is 1. The van der Waals surface area contributed by atoms with Crippen molar-refractivity contribution in [2.24, 2.45) is 0 Å². The minimum atomic E-state index is -0.958. The summed E-state index contributed by atoms with van der Waals surface area (Å²) in [6, 6.07) is 2.89. The Morgan fingerprint density at radius 2 is 2.13 bits per heavy atom. The van der Waals surface area contributed by atoms with Crippen molar-refractivity contribution in [3.05, 3.63) is 59.3 Å². The van der Waals surface area contributed by atoms with Crippen LogP contribution in [0.3, 0.4) is 0 Å². The van der Waals surface area contributed by atoms with Gasteiger partial charge in [-0.3, -0.25) is 0 Å². The number of anilines is 2. The smallest absolute Gasteiger partial charge is 0.416 e. The molecule has 1 aromatic carbocycles. The number of halogens is 4. The number of ether oxygens (including phenoxy) is 1. The molecule has 0 aliphatic carbocycles. The molecule has 1 aliphatic rings. The number of aromatic nitrogens is 4. The number of cyclic esters (lactones) is 1. The number of nitrogens with zero attached hydrogens (tertiary/aromatic N) is 5. The van der Waals surface area contributed by atoms with Crippen molar-refractivity contribution in [2.75, 3.05) is 23.5 Å². The second kappa shape index (κ2) is 8.42. The minimum absolute atomic E-state index is 0.0144. The van der Waals surface area contributed by atoms with Gasteiger partial charge in [0.1, 0.15) is 25.1 Å². The van der Waals surface area contributed by atoms with Gasteiger partial charge in [0, 0.05) is 11.9 Å². The Hall–Kier alpha value is -3.34. The molecule has 2 atom stereocenters. The SMILES string of the molecule is C[C@H](Nc1ncc(F)c(N2C(=O)OC[C@@H]2CF)n1)c1cn(-c2ccc(F)c(Cl)c2)cn1. The molecule has 12 heteroatoms. The molecule has 31 heavy (non-hydrogen) atoms. The molecule has 2 aromatic heterocycles. The van der Waals surface area contributed by atoms with Crippen LogP contribution in [0.2, 0.25) is 5.02 Å². The third-order valence-corrected chi connectivity index (χ3v) is 4.98. The highest BCUT2D eigenvalue weighted by molar-refractivity contribution is 6.30. The predicted molar refractivity (Wildman–Crippen MR) is 106 cm³/mol. The van der Waals surface area contributed by atoms with Crippen LogP contribution in [0, 0.1) is 11.6 Å². The molecule has 0 unspecified atom stereocenters. The predicted octanol–water partition coefficient (Wildman–Crippen LogP) is 4.06. The summed E-state index contributed by atoms with van der Waals surface area (Å²) in [4.78, 5) is 24.9. The molecule has 162 valence electrons. The maximum atomic E-state index is 14.2. The van der Waals surface area contributed by atoms with Gasteiger partial charge in [-0.05, 0) is 25.1 Å². The van der Waals surface area contributed by atoms with Gasteiger partial charge in [-0.2, -0.15) is 4.98 Å². The van der Waals surface area contributed by atoms with Gasteiger partial charge >= 0.3 is 6.09 Å². The fourth-order valence-corrected chi connectivity index (χ4v) is 3.22.